The maximum absolute atomic E-state index is 9.11. The molecule has 1 unspecified atom stereocenters. The van der Waals surface area contributed by atoms with Gasteiger partial charge in [-0.05, 0) is 19.4 Å². The number of nitrogens with zero attached hydrogens (tertiary/aromatic N) is 3. The molecular formula is C12H22N4O2. The lowest BCUT2D eigenvalue weighted by Crippen LogP contribution is -2.38. The number of rotatable bonds is 7. The van der Waals surface area contributed by atoms with Gasteiger partial charge in [-0.2, -0.15) is 4.98 Å². The smallest absolute Gasteiger partial charge is 0.226 e. The topological polar surface area (TPSA) is 74.4 Å². The van der Waals surface area contributed by atoms with Crippen LogP contribution in [0.2, 0.25) is 0 Å². The fraction of sp³-hybridized carbons (Fsp3) is 0.833. The molecule has 1 atom stereocenters. The van der Waals surface area contributed by atoms with Gasteiger partial charge in [0.1, 0.15) is 0 Å². The van der Waals surface area contributed by atoms with Gasteiger partial charge < -0.3 is 14.9 Å². The molecule has 102 valence electrons. The van der Waals surface area contributed by atoms with E-state index in [1.165, 1.54) is 12.8 Å². The second-order valence-corrected chi connectivity index (χ2v) is 4.71. The monoisotopic (exact) mass is 254 g/mol. The summed E-state index contributed by atoms with van der Waals surface area (Å²) < 4.78 is 5.10. The van der Waals surface area contributed by atoms with E-state index in [0.29, 0.717) is 30.8 Å². The first-order valence-corrected chi connectivity index (χ1v) is 6.70. The van der Waals surface area contributed by atoms with Gasteiger partial charge in [0.05, 0.1) is 13.2 Å². The zero-order chi connectivity index (χ0) is 12.8. The third kappa shape index (κ3) is 3.76. The van der Waals surface area contributed by atoms with Crippen molar-refractivity contribution in [3.05, 3.63) is 11.7 Å². The Morgan fingerprint density at radius 2 is 2.44 bits per heavy atom. The van der Waals surface area contributed by atoms with Gasteiger partial charge in [0.2, 0.25) is 5.89 Å². The van der Waals surface area contributed by atoms with Gasteiger partial charge in [-0.15, -0.1) is 0 Å². The van der Waals surface area contributed by atoms with Crippen molar-refractivity contribution in [1.29, 1.82) is 0 Å². The molecule has 1 aliphatic heterocycles. The minimum Gasteiger partial charge on any atom is -0.395 e. The molecule has 0 aromatic carbocycles. The molecule has 2 rings (SSSR count). The van der Waals surface area contributed by atoms with Crippen LogP contribution in [0, 0.1) is 0 Å². The standard InChI is InChI=1S/C12H22N4O2/c1-2-12-14-11(15-18-12)9-16(6-7-17)8-10-4-3-5-13-10/h10,13,17H,2-9H2,1H3. The first kappa shape index (κ1) is 13.5. The Morgan fingerprint density at radius 3 is 3.06 bits per heavy atom. The Hall–Kier alpha value is -0.980. The minimum atomic E-state index is 0.158. The van der Waals surface area contributed by atoms with Gasteiger partial charge >= 0.3 is 0 Å². The highest BCUT2D eigenvalue weighted by Gasteiger charge is 2.19. The fourth-order valence-corrected chi connectivity index (χ4v) is 2.30. The normalized spacial score (nSPS) is 19.8. The van der Waals surface area contributed by atoms with Crippen molar-refractivity contribution >= 4 is 0 Å². The molecule has 2 N–H and O–H groups in total. The quantitative estimate of drug-likeness (QED) is 0.723. The van der Waals surface area contributed by atoms with Crippen LogP contribution in [0.15, 0.2) is 4.52 Å². The summed E-state index contributed by atoms with van der Waals surface area (Å²) in [4.78, 5) is 6.48. The molecule has 6 heteroatoms. The maximum Gasteiger partial charge on any atom is 0.226 e. The van der Waals surface area contributed by atoms with Crippen molar-refractivity contribution in [2.24, 2.45) is 0 Å². The van der Waals surface area contributed by atoms with E-state index >= 15 is 0 Å². The summed E-state index contributed by atoms with van der Waals surface area (Å²) in [6.07, 6.45) is 3.20. The summed E-state index contributed by atoms with van der Waals surface area (Å²) in [6.45, 7) is 5.46. The molecule has 1 fully saturated rings. The summed E-state index contributed by atoms with van der Waals surface area (Å²) in [6, 6.07) is 0.522. The summed E-state index contributed by atoms with van der Waals surface area (Å²) in [5.74, 6) is 1.38. The molecule has 1 aromatic rings. The zero-order valence-electron chi connectivity index (χ0n) is 10.9. The number of aryl methyl sites for hydroxylation is 1. The Kier molecular flexibility index (Phi) is 5.10. The van der Waals surface area contributed by atoms with Crippen molar-refractivity contribution in [1.82, 2.24) is 20.4 Å². The van der Waals surface area contributed by atoms with E-state index in [1.54, 1.807) is 0 Å². The second-order valence-electron chi connectivity index (χ2n) is 4.71. The van der Waals surface area contributed by atoms with Crippen molar-refractivity contribution in [2.45, 2.75) is 38.8 Å². The lowest BCUT2D eigenvalue weighted by atomic mass is 10.2. The molecule has 6 nitrogen and oxygen atoms in total. The molecule has 1 aliphatic rings. The first-order chi connectivity index (χ1) is 8.81. The van der Waals surface area contributed by atoms with Crippen LogP contribution in [0.1, 0.15) is 31.5 Å². The van der Waals surface area contributed by atoms with Crippen LogP contribution < -0.4 is 5.32 Å². The lowest BCUT2D eigenvalue weighted by Gasteiger charge is -2.23. The van der Waals surface area contributed by atoms with E-state index in [-0.39, 0.29) is 6.61 Å². The number of aromatic nitrogens is 2. The lowest BCUT2D eigenvalue weighted by molar-refractivity contribution is 0.174. The zero-order valence-corrected chi connectivity index (χ0v) is 10.9. The van der Waals surface area contributed by atoms with E-state index < -0.39 is 0 Å². The fourth-order valence-electron chi connectivity index (χ4n) is 2.30. The largest absolute Gasteiger partial charge is 0.395 e. The van der Waals surface area contributed by atoms with Crippen LogP contribution in [0.5, 0.6) is 0 Å². The Labute approximate surface area is 107 Å². The van der Waals surface area contributed by atoms with Gasteiger partial charge in [-0.1, -0.05) is 12.1 Å². The van der Waals surface area contributed by atoms with E-state index in [0.717, 1.165) is 19.5 Å². The summed E-state index contributed by atoms with van der Waals surface area (Å²) in [7, 11) is 0. The molecule has 0 spiro atoms. The molecule has 18 heavy (non-hydrogen) atoms. The molecule has 0 aliphatic carbocycles. The average Bonchev–Trinajstić information content (AvgIpc) is 3.00. The molecule has 0 radical (unpaired) electrons. The average molecular weight is 254 g/mol. The third-order valence-electron chi connectivity index (χ3n) is 3.23. The molecule has 2 heterocycles. The van der Waals surface area contributed by atoms with Gasteiger partial charge in [-0.3, -0.25) is 4.90 Å². The van der Waals surface area contributed by atoms with E-state index in [4.69, 9.17) is 9.63 Å². The minimum absolute atomic E-state index is 0.158. The van der Waals surface area contributed by atoms with Crippen LogP contribution in [-0.4, -0.2) is 52.4 Å². The van der Waals surface area contributed by atoms with Crippen LogP contribution in [0.4, 0.5) is 0 Å². The van der Waals surface area contributed by atoms with Crippen LogP contribution in [-0.2, 0) is 13.0 Å². The van der Waals surface area contributed by atoms with Gasteiger partial charge in [0.15, 0.2) is 5.82 Å². The van der Waals surface area contributed by atoms with Crippen LogP contribution >= 0.6 is 0 Å². The highest BCUT2D eigenvalue weighted by molar-refractivity contribution is 4.87. The molecule has 1 aromatic heterocycles. The van der Waals surface area contributed by atoms with Gasteiger partial charge in [-0.25, -0.2) is 0 Å². The van der Waals surface area contributed by atoms with Gasteiger partial charge in [0.25, 0.3) is 0 Å². The number of nitrogens with one attached hydrogen (secondary N) is 1. The summed E-state index contributed by atoms with van der Waals surface area (Å²) in [5, 5.41) is 16.5. The Balaban J connectivity index is 1.87. The molecule has 0 amide bonds. The summed E-state index contributed by atoms with van der Waals surface area (Å²) >= 11 is 0. The van der Waals surface area contributed by atoms with Gasteiger partial charge in [0, 0.05) is 25.6 Å². The molecular weight excluding hydrogens is 232 g/mol. The first-order valence-electron chi connectivity index (χ1n) is 6.70. The maximum atomic E-state index is 9.11. The molecule has 0 saturated carbocycles. The summed E-state index contributed by atoms with van der Waals surface area (Å²) in [5.41, 5.74) is 0. The molecule has 1 saturated heterocycles. The van der Waals surface area contributed by atoms with E-state index in [2.05, 4.69) is 20.4 Å². The number of aliphatic hydroxyl groups is 1. The number of aliphatic hydroxyl groups excluding tert-OH is 1. The third-order valence-corrected chi connectivity index (χ3v) is 3.23. The van der Waals surface area contributed by atoms with Crippen molar-refractivity contribution in [2.75, 3.05) is 26.2 Å². The predicted octanol–water partition coefficient (Wildman–Crippen LogP) is 0.178. The highest BCUT2D eigenvalue weighted by atomic mass is 16.5. The Bertz CT molecular complexity index is 350. The predicted molar refractivity (Wildman–Crippen MR) is 67.1 cm³/mol. The Morgan fingerprint density at radius 1 is 1.56 bits per heavy atom. The SMILES string of the molecule is CCc1nc(CN(CCO)CC2CCCN2)no1. The van der Waals surface area contributed by atoms with Crippen molar-refractivity contribution in [3.8, 4) is 0 Å². The molecule has 0 bridgehead atoms. The van der Waals surface area contributed by atoms with Crippen molar-refractivity contribution < 1.29 is 9.63 Å². The van der Waals surface area contributed by atoms with Crippen LogP contribution in [0.25, 0.3) is 0 Å². The van der Waals surface area contributed by atoms with E-state index in [9.17, 15) is 0 Å². The van der Waals surface area contributed by atoms with Crippen molar-refractivity contribution in [3.63, 3.8) is 0 Å². The number of hydrogen-bond donors (Lipinski definition) is 2. The number of hydrogen-bond acceptors (Lipinski definition) is 6. The van der Waals surface area contributed by atoms with E-state index in [1.807, 2.05) is 6.92 Å². The second kappa shape index (κ2) is 6.82. The van der Waals surface area contributed by atoms with Crippen LogP contribution in [0.3, 0.4) is 0 Å². The highest BCUT2D eigenvalue weighted by Crippen LogP contribution is 2.09.